The van der Waals surface area contributed by atoms with E-state index in [2.05, 4.69) is 133 Å². The van der Waals surface area contributed by atoms with Crippen LogP contribution < -0.4 is 0 Å². The molecule has 2 heterocycles. The fourth-order valence-corrected chi connectivity index (χ4v) is 4.97. The molecule has 2 aromatic heterocycles. The summed E-state index contributed by atoms with van der Waals surface area (Å²) in [6.07, 6.45) is 4.23. The van der Waals surface area contributed by atoms with Gasteiger partial charge in [-0.05, 0) is 59.1 Å². The zero-order valence-corrected chi connectivity index (χ0v) is 24.0. The molecule has 0 aliphatic carbocycles. The molecule has 0 saturated carbocycles. The number of pyridine rings is 1. The molecule has 194 valence electrons. The van der Waals surface area contributed by atoms with Crippen molar-refractivity contribution in [3.63, 3.8) is 0 Å². The predicted molar refractivity (Wildman–Crippen MR) is 162 cm³/mol. The van der Waals surface area contributed by atoms with Crippen molar-refractivity contribution in [2.24, 2.45) is 23.7 Å². The summed E-state index contributed by atoms with van der Waals surface area (Å²) in [5.41, 5.74) is 7.69. The lowest BCUT2D eigenvalue weighted by atomic mass is 9.89. The first-order chi connectivity index (χ1) is 17.7. The molecule has 0 atom stereocenters. The van der Waals surface area contributed by atoms with Gasteiger partial charge in [0.15, 0.2) is 0 Å². The third-order valence-corrected chi connectivity index (χ3v) is 7.45. The van der Waals surface area contributed by atoms with Crippen LogP contribution >= 0.6 is 0 Å². The van der Waals surface area contributed by atoms with Crippen LogP contribution in [-0.2, 0) is 12.8 Å². The van der Waals surface area contributed by atoms with Crippen LogP contribution in [0, 0.1) is 23.7 Å². The van der Waals surface area contributed by atoms with Crippen molar-refractivity contribution in [1.82, 2.24) is 9.38 Å². The molecule has 0 saturated heterocycles. The van der Waals surface area contributed by atoms with E-state index in [4.69, 9.17) is 4.98 Å². The summed E-state index contributed by atoms with van der Waals surface area (Å²) in [6.45, 7) is 18.2. The van der Waals surface area contributed by atoms with Gasteiger partial charge in [0.05, 0.1) is 17.4 Å². The third kappa shape index (κ3) is 5.74. The van der Waals surface area contributed by atoms with Crippen molar-refractivity contribution in [2.75, 3.05) is 0 Å². The molecule has 0 fully saturated rings. The smallest absolute Gasteiger partial charge is 0.145 e. The minimum atomic E-state index is 0.602. The molecule has 0 radical (unpaired) electrons. The molecule has 5 rings (SSSR count). The second-order valence-electron chi connectivity index (χ2n) is 12.0. The van der Waals surface area contributed by atoms with Gasteiger partial charge in [-0.1, -0.05) is 116 Å². The summed E-state index contributed by atoms with van der Waals surface area (Å²) in [5, 5.41) is 3.75. The summed E-state index contributed by atoms with van der Waals surface area (Å²) in [7, 11) is 0. The van der Waals surface area contributed by atoms with E-state index < -0.39 is 0 Å². The standard InChI is InChI=1S/C29H30N2.C6H14/c1-19(2)16-21-10-9-11-22(17-20(3)4)28(21)27-18-30-29-25-14-6-5-12-23(25)24-13-7-8-15-26(24)31(27)29;1-5(2)6(3)4/h5-15,18-20H,16-17H2,1-4H3;5-6H,1-4H3. The number of aromatic nitrogens is 2. The zero-order valence-electron chi connectivity index (χ0n) is 24.0. The zero-order chi connectivity index (χ0) is 26.7. The number of rotatable bonds is 6. The number of nitrogens with zero attached hydrogens (tertiary/aromatic N) is 2. The molecule has 0 bridgehead atoms. The van der Waals surface area contributed by atoms with Gasteiger partial charge in [0.25, 0.3) is 0 Å². The minimum absolute atomic E-state index is 0.602. The van der Waals surface area contributed by atoms with Crippen LogP contribution in [0.2, 0.25) is 0 Å². The number of hydrogen-bond acceptors (Lipinski definition) is 1. The van der Waals surface area contributed by atoms with Crippen LogP contribution in [0.5, 0.6) is 0 Å². The van der Waals surface area contributed by atoms with Gasteiger partial charge in [0.2, 0.25) is 0 Å². The molecular weight excluding hydrogens is 448 g/mol. The van der Waals surface area contributed by atoms with E-state index in [0.29, 0.717) is 11.8 Å². The highest BCUT2D eigenvalue weighted by molar-refractivity contribution is 6.12. The molecule has 3 aromatic carbocycles. The first kappa shape index (κ1) is 26.9. The lowest BCUT2D eigenvalue weighted by molar-refractivity contribution is 0.457. The van der Waals surface area contributed by atoms with Gasteiger partial charge in [-0.15, -0.1) is 0 Å². The number of imidazole rings is 1. The summed E-state index contributed by atoms with van der Waals surface area (Å²) < 4.78 is 2.39. The van der Waals surface area contributed by atoms with E-state index in [0.717, 1.165) is 30.3 Å². The van der Waals surface area contributed by atoms with Gasteiger partial charge < -0.3 is 0 Å². The van der Waals surface area contributed by atoms with Gasteiger partial charge in [-0.3, -0.25) is 4.40 Å². The Kier molecular flexibility index (Phi) is 8.37. The molecular formula is C35H44N2. The summed E-state index contributed by atoms with van der Waals surface area (Å²) >= 11 is 0. The van der Waals surface area contributed by atoms with Crippen LogP contribution in [0.15, 0.2) is 72.9 Å². The number of benzene rings is 3. The topological polar surface area (TPSA) is 17.3 Å². The van der Waals surface area contributed by atoms with E-state index in [1.807, 2.05) is 0 Å². The van der Waals surface area contributed by atoms with E-state index in [9.17, 15) is 0 Å². The fourth-order valence-electron chi connectivity index (χ4n) is 4.97. The van der Waals surface area contributed by atoms with Gasteiger partial charge in [0.1, 0.15) is 5.65 Å². The van der Waals surface area contributed by atoms with Gasteiger partial charge >= 0.3 is 0 Å². The van der Waals surface area contributed by atoms with Crippen molar-refractivity contribution in [2.45, 2.75) is 68.2 Å². The average molecular weight is 493 g/mol. The molecule has 0 spiro atoms. The van der Waals surface area contributed by atoms with Crippen LogP contribution in [0.4, 0.5) is 0 Å². The van der Waals surface area contributed by atoms with Crippen LogP contribution in [0.3, 0.4) is 0 Å². The molecule has 2 nitrogen and oxygen atoms in total. The quantitative estimate of drug-likeness (QED) is 0.216. The Hall–Kier alpha value is -3.13. The summed E-state index contributed by atoms with van der Waals surface area (Å²) in [6, 6.07) is 24.2. The first-order valence-corrected chi connectivity index (χ1v) is 14.1. The van der Waals surface area contributed by atoms with Crippen molar-refractivity contribution >= 4 is 27.3 Å². The minimum Gasteiger partial charge on any atom is -0.292 e. The Morgan fingerprint density at radius 1 is 0.595 bits per heavy atom. The Bertz CT molecular complexity index is 1450. The second-order valence-corrected chi connectivity index (χ2v) is 12.0. The molecule has 0 unspecified atom stereocenters. The predicted octanol–water partition coefficient (Wildman–Crippen LogP) is 10.0. The number of para-hydroxylation sites is 1. The first-order valence-electron chi connectivity index (χ1n) is 14.1. The maximum Gasteiger partial charge on any atom is 0.145 e. The van der Waals surface area contributed by atoms with Crippen molar-refractivity contribution in [3.05, 3.63) is 84.1 Å². The molecule has 0 aliphatic rings. The highest BCUT2D eigenvalue weighted by Gasteiger charge is 2.19. The van der Waals surface area contributed by atoms with Crippen LogP contribution in [0.25, 0.3) is 38.6 Å². The Balaban J connectivity index is 0.000000480. The summed E-state index contributed by atoms with van der Waals surface area (Å²) in [5.74, 6) is 2.91. The average Bonchev–Trinajstić information content (AvgIpc) is 3.29. The largest absolute Gasteiger partial charge is 0.292 e. The highest BCUT2D eigenvalue weighted by atomic mass is 15.0. The Morgan fingerprint density at radius 2 is 1.11 bits per heavy atom. The Labute approximate surface area is 223 Å². The number of hydrogen-bond donors (Lipinski definition) is 0. The van der Waals surface area contributed by atoms with Gasteiger partial charge in [-0.2, -0.15) is 0 Å². The molecule has 0 N–H and O–H groups in total. The second kappa shape index (κ2) is 11.5. The monoisotopic (exact) mass is 492 g/mol. The van der Waals surface area contributed by atoms with E-state index >= 15 is 0 Å². The fraction of sp³-hybridized carbons (Fsp3) is 0.400. The normalized spacial score (nSPS) is 11.9. The highest BCUT2D eigenvalue weighted by Crippen LogP contribution is 2.36. The van der Waals surface area contributed by atoms with Gasteiger partial charge in [-0.25, -0.2) is 4.98 Å². The van der Waals surface area contributed by atoms with Crippen LogP contribution in [-0.4, -0.2) is 9.38 Å². The molecule has 2 heteroatoms. The van der Waals surface area contributed by atoms with E-state index in [1.54, 1.807) is 0 Å². The van der Waals surface area contributed by atoms with Gasteiger partial charge in [0, 0.05) is 16.3 Å². The molecule has 37 heavy (non-hydrogen) atoms. The molecule has 0 aliphatic heterocycles. The molecule has 0 amide bonds. The maximum atomic E-state index is 4.98. The molecule has 5 aromatic rings. The van der Waals surface area contributed by atoms with Crippen LogP contribution in [0.1, 0.15) is 66.5 Å². The lowest BCUT2D eigenvalue weighted by Gasteiger charge is -2.19. The Morgan fingerprint density at radius 3 is 1.65 bits per heavy atom. The summed E-state index contributed by atoms with van der Waals surface area (Å²) in [4.78, 5) is 4.98. The lowest BCUT2D eigenvalue weighted by Crippen LogP contribution is -2.05. The maximum absolute atomic E-state index is 4.98. The van der Waals surface area contributed by atoms with Crippen molar-refractivity contribution in [3.8, 4) is 11.3 Å². The SMILES string of the molecule is CC(C)C(C)C.CC(C)Cc1cccc(CC(C)C)c1-c1cnc2c3ccccc3c3ccccc3n12. The van der Waals surface area contributed by atoms with E-state index in [-0.39, 0.29) is 0 Å². The van der Waals surface area contributed by atoms with Crippen molar-refractivity contribution in [1.29, 1.82) is 0 Å². The third-order valence-electron chi connectivity index (χ3n) is 7.45. The number of fused-ring (bicyclic) bond motifs is 6. The van der Waals surface area contributed by atoms with Crippen molar-refractivity contribution < 1.29 is 0 Å². The van der Waals surface area contributed by atoms with E-state index in [1.165, 1.54) is 44.1 Å².